The third kappa shape index (κ3) is 3.02. The molecule has 100 valence electrons. The third-order valence-corrected chi connectivity index (χ3v) is 3.59. The first-order valence-electron chi connectivity index (χ1n) is 6.10. The van der Waals surface area contributed by atoms with Crippen molar-refractivity contribution in [2.24, 2.45) is 5.73 Å². The zero-order valence-electron chi connectivity index (χ0n) is 10.2. The van der Waals surface area contributed by atoms with Crippen LogP contribution in [-0.2, 0) is 4.74 Å². The molecular weight excluding hydrogens is 301 g/mol. The molecule has 2 rings (SSSR count). The predicted octanol–water partition coefficient (Wildman–Crippen LogP) is 2.86. The summed E-state index contributed by atoms with van der Waals surface area (Å²) in [7, 11) is 0. The van der Waals surface area contributed by atoms with Gasteiger partial charge in [0.05, 0.1) is 4.47 Å². The third-order valence-electron chi connectivity index (χ3n) is 2.99. The Bertz CT molecular complexity index is 416. The zero-order chi connectivity index (χ0) is 13.1. The smallest absolute Gasteiger partial charge is 0.137 e. The number of ether oxygens (including phenoxy) is 2. The highest BCUT2D eigenvalue weighted by Crippen LogP contribution is 2.29. The summed E-state index contributed by atoms with van der Waals surface area (Å²) in [4.78, 5) is 0. The standard InChI is InChI=1S/C13H17BrFNO2/c1-2-5-17-13-11(16)7-12(13)18-8-3-4-10(15)9(14)6-8/h3-4,6,11-13H,2,5,7,16H2,1H3. The monoisotopic (exact) mass is 317 g/mol. The van der Waals surface area contributed by atoms with Gasteiger partial charge in [0.2, 0.25) is 0 Å². The molecule has 1 aliphatic carbocycles. The Morgan fingerprint density at radius 3 is 2.89 bits per heavy atom. The molecule has 0 radical (unpaired) electrons. The van der Waals surface area contributed by atoms with E-state index < -0.39 is 0 Å². The molecule has 3 atom stereocenters. The second-order valence-corrected chi connectivity index (χ2v) is 5.32. The van der Waals surface area contributed by atoms with E-state index in [-0.39, 0.29) is 24.1 Å². The van der Waals surface area contributed by atoms with Crippen LogP contribution < -0.4 is 10.5 Å². The Hall–Kier alpha value is -0.650. The van der Waals surface area contributed by atoms with Crippen LogP contribution in [0.4, 0.5) is 4.39 Å². The highest BCUT2D eigenvalue weighted by Gasteiger charge is 2.41. The minimum atomic E-state index is -0.300. The van der Waals surface area contributed by atoms with Gasteiger partial charge in [-0.2, -0.15) is 0 Å². The van der Waals surface area contributed by atoms with Crippen molar-refractivity contribution in [2.45, 2.75) is 38.0 Å². The molecule has 0 spiro atoms. The van der Waals surface area contributed by atoms with E-state index in [0.717, 1.165) is 12.8 Å². The highest BCUT2D eigenvalue weighted by atomic mass is 79.9. The van der Waals surface area contributed by atoms with E-state index in [4.69, 9.17) is 15.2 Å². The Labute approximate surface area is 115 Å². The van der Waals surface area contributed by atoms with E-state index in [1.165, 1.54) is 6.07 Å². The van der Waals surface area contributed by atoms with E-state index in [1.807, 2.05) is 0 Å². The lowest BCUT2D eigenvalue weighted by molar-refractivity contribution is -0.0980. The fourth-order valence-corrected chi connectivity index (χ4v) is 2.30. The number of benzene rings is 1. The quantitative estimate of drug-likeness (QED) is 0.908. The molecule has 3 nitrogen and oxygen atoms in total. The van der Waals surface area contributed by atoms with Gasteiger partial charge in [-0.05, 0) is 40.5 Å². The van der Waals surface area contributed by atoms with E-state index in [2.05, 4.69) is 22.9 Å². The molecule has 0 aliphatic heterocycles. The molecule has 0 saturated heterocycles. The normalized spacial score (nSPS) is 26.8. The van der Waals surface area contributed by atoms with Crippen molar-refractivity contribution in [3.8, 4) is 5.75 Å². The van der Waals surface area contributed by atoms with Crippen LogP contribution in [0.15, 0.2) is 22.7 Å². The van der Waals surface area contributed by atoms with E-state index >= 15 is 0 Å². The van der Waals surface area contributed by atoms with Gasteiger partial charge in [0.15, 0.2) is 0 Å². The summed E-state index contributed by atoms with van der Waals surface area (Å²) in [5.41, 5.74) is 5.89. The van der Waals surface area contributed by atoms with Crippen LogP contribution in [0.25, 0.3) is 0 Å². The lowest BCUT2D eigenvalue weighted by Gasteiger charge is -2.41. The van der Waals surface area contributed by atoms with Gasteiger partial charge >= 0.3 is 0 Å². The molecule has 0 aromatic heterocycles. The van der Waals surface area contributed by atoms with Crippen molar-refractivity contribution in [1.82, 2.24) is 0 Å². The van der Waals surface area contributed by atoms with Crippen LogP contribution in [0.2, 0.25) is 0 Å². The van der Waals surface area contributed by atoms with Gasteiger partial charge in [0, 0.05) is 19.1 Å². The number of rotatable bonds is 5. The Morgan fingerprint density at radius 1 is 1.50 bits per heavy atom. The predicted molar refractivity (Wildman–Crippen MR) is 71.1 cm³/mol. The number of hydrogen-bond acceptors (Lipinski definition) is 3. The fraction of sp³-hybridized carbons (Fsp3) is 0.538. The molecule has 2 N–H and O–H groups in total. The van der Waals surface area contributed by atoms with Gasteiger partial charge in [-0.25, -0.2) is 4.39 Å². The first kappa shape index (κ1) is 13.8. The van der Waals surface area contributed by atoms with Crippen LogP contribution in [0.5, 0.6) is 5.75 Å². The van der Waals surface area contributed by atoms with Crippen LogP contribution in [0.3, 0.4) is 0 Å². The number of halogens is 2. The molecule has 0 heterocycles. The molecule has 1 fully saturated rings. The van der Waals surface area contributed by atoms with Crippen molar-refractivity contribution in [2.75, 3.05) is 6.61 Å². The summed E-state index contributed by atoms with van der Waals surface area (Å²) in [6, 6.07) is 4.64. The maximum absolute atomic E-state index is 13.1. The SMILES string of the molecule is CCCOC1C(N)CC1Oc1ccc(F)c(Br)c1. The van der Waals surface area contributed by atoms with Gasteiger partial charge in [0.1, 0.15) is 23.8 Å². The Kier molecular flexibility index (Phi) is 4.59. The number of hydrogen-bond donors (Lipinski definition) is 1. The molecule has 1 saturated carbocycles. The van der Waals surface area contributed by atoms with E-state index in [9.17, 15) is 4.39 Å². The first-order valence-corrected chi connectivity index (χ1v) is 6.90. The van der Waals surface area contributed by atoms with Crippen molar-refractivity contribution in [1.29, 1.82) is 0 Å². The molecular formula is C13H17BrFNO2. The second-order valence-electron chi connectivity index (χ2n) is 4.47. The van der Waals surface area contributed by atoms with Gasteiger partial charge in [-0.15, -0.1) is 0 Å². The van der Waals surface area contributed by atoms with Crippen LogP contribution in [0.1, 0.15) is 19.8 Å². The second kappa shape index (κ2) is 5.99. The average molecular weight is 318 g/mol. The van der Waals surface area contributed by atoms with Crippen LogP contribution >= 0.6 is 15.9 Å². The van der Waals surface area contributed by atoms with Crippen molar-refractivity contribution in [3.63, 3.8) is 0 Å². The maximum Gasteiger partial charge on any atom is 0.137 e. The topological polar surface area (TPSA) is 44.5 Å². The zero-order valence-corrected chi connectivity index (χ0v) is 11.8. The summed E-state index contributed by atoms with van der Waals surface area (Å²) < 4.78 is 24.9. The molecule has 1 aromatic rings. The van der Waals surface area contributed by atoms with Gasteiger partial charge < -0.3 is 15.2 Å². The molecule has 3 unspecified atom stereocenters. The number of nitrogens with two attached hydrogens (primary N) is 1. The maximum atomic E-state index is 13.1. The minimum absolute atomic E-state index is 0.0328. The van der Waals surface area contributed by atoms with E-state index in [0.29, 0.717) is 16.8 Å². The molecule has 5 heteroatoms. The summed E-state index contributed by atoms with van der Waals surface area (Å²) in [6.45, 7) is 2.74. The lowest BCUT2D eigenvalue weighted by Crippen LogP contribution is -2.59. The molecule has 18 heavy (non-hydrogen) atoms. The highest BCUT2D eigenvalue weighted by molar-refractivity contribution is 9.10. The van der Waals surface area contributed by atoms with Crippen molar-refractivity contribution < 1.29 is 13.9 Å². The van der Waals surface area contributed by atoms with Crippen molar-refractivity contribution in [3.05, 3.63) is 28.5 Å². The van der Waals surface area contributed by atoms with Crippen molar-refractivity contribution >= 4 is 15.9 Å². The molecule has 1 aliphatic rings. The van der Waals surface area contributed by atoms with Gasteiger partial charge in [-0.3, -0.25) is 0 Å². The fourth-order valence-electron chi connectivity index (χ4n) is 1.94. The van der Waals surface area contributed by atoms with Gasteiger partial charge in [-0.1, -0.05) is 6.92 Å². The summed E-state index contributed by atoms with van der Waals surface area (Å²) in [5, 5.41) is 0. The summed E-state index contributed by atoms with van der Waals surface area (Å²) in [6.07, 6.45) is 1.62. The average Bonchev–Trinajstić information content (AvgIpc) is 2.33. The molecule has 1 aromatic carbocycles. The lowest BCUT2D eigenvalue weighted by atomic mass is 9.86. The van der Waals surface area contributed by atoms with Crippen LogP contribution in [0, 0.1) is 5.82 Å². The Morgan fingerprint density at radius 2 is 2.28 bits per heavy atom. The summed E-state index contributed by atoms with van der Waals surface area (Å²) >= 11 is 3.13. The van der Waals surface area contributed by atoms with E-state index in [1.54, 1.807) is 12.1 Å². The Balaban J connectivity index is 1.94. The molecule has 0 bridgehead atoms. The molecule has 0 amide bonds. The van der Waals surface area contributed by atoms with Crippen LogP contribution in [-0.4, -0.2) is 24.9 Å². The summed E-state index contributed by atoms with van der Waals surface area (Å²) in [5.74, 6) is 0.330. The minimum Gasteiger partial charge on any atom is -0.488 e. The van der Waals surface area contributed by atoms with Gasteiger partial charge in [0.25, 0.3) is 0 Å². The largest absolute Gasteiger partial charge is 0.488 e. The first-order chi connectivity index (χ1) is 8.61.